The number of unbranched alkanes of at least 4 members (excludes halogenated alkanes) is 1. The van der Waals surface area contributed by atoms with Gasteiger partial charge in [0.05, 0.1) is 16.5 Å². The number of carbonyl (C=O) groups is 1. The molecule has 0 amide bonds. The Hall–Kier alpha value is -1.91. The molecular formula is C13H16N2O4S. The van der Waals surface area contributed by atoms with Gasteiger partial charge in [0.15, 0.2) is 0 Å². The summed E-state index contributed by atoms with van der Waals surface area (Å²) in [6, 6.07) is 6.04. The minimum Gasteiger partial charge on any atom is -0.480 e. The summed E-state index contributed by atoms with van der Waals surface area (Å²) in [6.07, 6.45) is 1.64. The molecule has 0 aliphatic rings. The number of hydrogen-bond donors (Lipinski definition) is 2. The van der Waals surface area contributed by atoms with Gasteiger partial charge in [0, 0.05) is 0 Å². The highest BCUT2D eigenvalue weighted by atomic mass is 32.2. The minimum absolute atomic E-state index is 0.0563. The summed E-state index contributed by atoms with van der Waals surface area (Å²) in [6.45, 7) is 1.90. The summed E-state index contributed by atoms with van der Waals surface area (Å²) >= 11 is 0. The van der Waals surface area contributed by atoms with Gasteiger partial charge in [0.1, 0.15) is 6.04 Å². The quantitative estimate of drug-likeness (QED) is 0.792. The van der Waals surface area contributed by atoms with Crippen LogP contribution in [0.4, 0.5) is 0 Å². The monoisotopic (exact) mass is 296 g/mol. The van der Waals surface area contributed by atoms with E-state index in [1.165, 1.54) is 24.3 Å². The number of nitriles is 1. The molecular weight excluding hydrogens is 280 g/mol. The van der Waals surface area contributed by atoms with Gasteiger partial charge in [0.25, 0.3) is 0 Å². The molecule has 0 spiro atoms. The van der Waals surface area contributed by atoms with Crippen LogP contribution in [0.5, 0.6) is 0 Å². The topological polar surface area (TPSA) is 107 Å². The Labute approximate surface area is 118 Å². The number of nitrogens with one attached hydrogen (secondary N) is 1. The zero-order valence-electron chi connectivity index (χ0n) is 11.0. The predicted molar refractivity (Wildman–Crippen MR) is 72.4 cm³/mol. The van der Waals surface area contributed by atoms with Gasteiger partial charge in [-0.1, -0.05) is 19.8 Å². The average molecular weight is 296 g/mol. The third-order valence-corrected chi connectivity index (χ3v) is 4.22. The first kappa shape index (κ1) is 16.1. The van der Waals surface area contributed by atoms with Crippen LogP contribution in [-0.4, -0.2) is 25.5 Å². The van der Waals surface area contributed by atoms with Crippen molar-refractivity contribution in [3.63, 3.8) is 0 Å². The number of rotatable bonds is 7. The second-order valence-corrected chi connectivity index (χ2v) is 6.00. The molecule has 1 aromatic rings. The van der Waals surface area contributed by atoms with Crippen LogP contribution in [0.2, 0.25) is 0 Å². The third-order valence-electron chi connectivity index (χ3n) is 2.74. The minimum atomic E-state index is -3.90. The fraction of sp³-hybridized carbons (Fsp3) is 0.385. The Kier molecular flexibility index (Phi) is 5.67. The van der Waals surface area contributed by atoms with Crippen LogP contribution in [0, 0.1) is 11.3 Å². The lowest BCUT2D eigenvalue weighted by Crippen LogP contribution is -2.40. The lowest BCUT2D eigenvalue weighted by Gasteiger charge is -2.14. The summed E-state index contributed by atoms with van der Waals surface area (Å²) in [5, 5.41) is 17.7. The maximum Gasteiger partial charge on any atom is 0.321 e. The fourth-order valence-electron chi connectivity index (χ4n) is 1.61. The Balaban J connectivity index is 2.91. The van der Waals surface area contributed by atoms with E-state index in [4.69, 9.17) is 10.4 Å². The summed E-state index contributed by atoms with van der Waals surface area (Å²) in [5.41, 5.74) is 0.338. The molecule has 20 heavy (non-hydrogen) atoms. The zero-order valence-corrected chi connectivity index (χ0v) is 11.9. The van der Waals surface area contributed by atoms with Crippen LogP contribution in [0.15, 0.2) is 29.2 Å². The molecule has 0 aromatic heterocycles. The average Bonchev–Trinajstić information content (AvgIpc) is 2.43. The SMILES string of the molecule is CCCC[C@H](NS(=O)(=O)c1ccc(C#N)cc1)C(=O)O. The number of sulfonamides is 1. The van der Waals surface area contributed by atoms with E-state index in [2.05, 4.69) is 4.72 Å². The van der Waals surface area contributed by atoms with Crippen LogP contribution in [-0.2, 0) is 14.8 Å². The molecule has 0 bridgehead atoms. The normalized spacial score (nSPS) is 12.6. The highest BCUT2D eigenvalue weighted by molar-refractivity contribution is 7.89. The first-order chi connectivity index (χ1) is 9.40. The smallest absolute Gasteiger partial charge is 0.321 e. The maximum atomic E-state index is 12.1. The third kappa shape index (κ3) is 4.33. The largest absolute Gasteiger partial charge is 0.480 e. The van der Waals surface area contributed by atoms with Gasteiger partial charge in [-0.2, -0.15) is 9.98 Å². The number of benzene rings is 1. The summed E-state index contributed by atoms with van der Waals surface area (Å²) in [4.78, 5) is 11.0. The van der Waals surface area contributed by atoms with Crippen molar-refractivity contribution in [1.29, 1.82) is 5.26 Å². The predicted octanol–water partition coefficient (Wildman–Crippen LogP) is 1.48. The molecule has 0 heterocycles. The highest BCUT2D eigenvalue weighted by Crippen LogP contribution is 2.12. The number of hydrogen-bond acceptors (Lipinski definition) is 4. The lowest BCUT2D eigenvalue weighted by molar-refractivity contribution is -0.139. The van der Waals surface area contributed by atoms with Crippen molar-refractivity contribution >= 4 is 16.0 Å². The van der Waals surface area contributed by atoms with Crippen molar-refractivity contribution in [3.05, 3.63) is 29.8 Å². The van der Waals surface area contributed by atoms with Gasteiger partial charge in [-0.3, -0.25) is 4.79 Å². The molecule has 108 valence electrons. The van der Waals surface area contributed by atoms with Crippen LogP contribution >= 0.6 is 0 Å². The zero-order chi connectivity index (χ0) is 15.2. The summed E-state index contributed by atoms with van der Waals surface area (Å²) < 4.78 is 26.3. The first-order valence-corrected chi connectivity index (χ1v) is 7.64. The van der Waals surface area contributed by atoms with Gasteiger partial charge in [-0.15, -0.1) is 0 Å². The number of nitrogens with zero attached hydrogens (tertiary/aromatic N) is 1. The standard InChI is InChI=1S/C13H16N2O4S/c1-2-3-4-12(13(16)17)15-20(18,19)11-7-5-10(9-14)6-8-11/h5-8,12,15H,2-4H2,1H3,(H,16,17)/t12-/m0/s1. The van der Waals surface area contributed by atoms with E-state index < -0.39 is 22.0 Å². The van der Waals surface area contributed by atoms with Crippen molar-refractivity contribution in [1.82, 2.24) is 4.72 Å². The Morgan fingerprint density at radius 3 is 2.45 bits per heavy atom. The molecule has 0 saturated heterocycles. The van der Waals surface area contributed by atoms with E-state index in [9.17, 15) is 13.2 Å². The molecule has 0 fully saturated rings. The first-order valence-electron chi connectivity index (χ1n) is 6.16. The summed E-state index contributed by atoms with van der Waals surface area (Å²) in [7, 11) is -3.90. The molecule has 1 aromatic carbocycles. The van der Waals surface area contributed by atoms with E-state index in [0.29, 0.717) is 12.0 Å². The Bertz CT molecular complexity index is 602. The van der Waals surface area contributed by atoms with E-state index in [0.717, 1.165) is 6.42 Å². The second-order valence-electron chi connectivity index (χ2n) is 4.29. The Morgan fingerprint density at radius 2 is 2.00 bits per heavy atom. The second kappa shape index (κ2) is 7.03. The molecule has 6 nitrogen and oxygen atoms in total. The maximum absolute atomic E-state index is 12.1. The molecule has 0 saturated carbocycles. The van der Waals surface area contributed by atoms with Crippen molar-refractivity contribution in [2.45, 2.75) is 37.1 Å². The van der Waals surface area contributed by atoms with E-state index in [1.54, 1.807) is 0 Å². The van der Waals surface area contributed by atoms with Crippen LogP contribution in [0.1, 0.15) is 31.7 Å². The molecule has 7 heteroatoms. The molecule has 2 N–H and O–H groups in total. The number of carboxylic acid groups (broad SMARTS) is 1. The molecule has 1 atom stereocenters. The molecule has 0 aliphatic carbocycles. The van der Waals surface area contributed by atoms with Crippen molar-refractivity contribution in [2.24, 2.45) is 0 Å². The van der Waals surface area contributed by atoms with Crippen molar-refractivity contribution in [3.8, 4) is 6.07 Å². The van der Waals surface area contributed by atoms with E-state index in [-0.39, 0.29) is 11.3 Å². The molecule has 0 unspecified atom stereocenters. The van der Waals surface area contributed by atoms with Gasteiger partial charge in [-0.25, -0.2) is 8.42 Å². The van der Waals surface area contributed by atoms with Gasteiger partial charge in [-0.05, 0) is 30.7 Å². The molecule has 0 radical (unpaired) electrons. The molecule has 1 rings (SSSR count). The van der Waals surface area contributed by atoms with Crippen molar-refractivity contribution in [2.75, 3.05) is 0 Å². The van der Waals surface area contributed by atoms with Crippen molar-refractivity contribution < 1.29 is 18.3 Å². The van der Waals surface area contributed by atoms with Gasteiger partial charge < -0.3 is 5.11 Å². The number of carboxylic acids is 1. The van der Waals surface area contributed by atoms with Crippen LogP contribution in [0.25, 0.3) is 0 Å². The Morgan fingerprint density at radius 1 is 1.40 bits per heavy atom. The number of aliphatic carboxylic acids is 1. The molecule has 0 aliphatic heterocycles. The van der Waals surface area contributed by atoms with Crippen LogP contribution < -0.4 is 4.72 Å². The van der Waals surface area contributed by atoms with Crippen LogP contribution in [0.3, 0.4) is 0 Å². The van der Waals surface area contributed by atoms with Gasteiger partial charge >= 0.3 is 5.97 Å². The summed E-state index contributed by atoms with van der Waals surface area (Å²) in [5.74, 6) is -1.20. The fourth-order valence-corrected chi connectivity index (χ4v) is 2.83. The van der Waals surface area contributed by atoms with E-state index in [1.807, 2.05) is 13.0 Å². The lowest BCUT2D eigenvalue weighted by atomic mass is 10.1. The highest BCUT2D eigenvalue weighted by Gasteiger charge is 2.24. The van der Waals surface area contributed by atoms with Gasteiger partial charge in [0.2, 0.25) is 10.0 Å². The van der Waals surface area contributed by atoms with E-state index >= 15 is 0 Å².